The van der Waals surface area contributed by atoms with Crippen LogP contribution in [-0.4, -0.2) is 22.1 Å². The fourth-order valence-electron chi connectivity index (χ4n) is 2.76. The van der Waals surface area contributed by atoms with Crippen LogP contribution in [0.15, 0.2) is 61.1 Å². The van der Waals surface area contributed by atoms with Crippen LogP contribution in [-0.2, 0) is 0 Å². The number of fused-ring (bicyclic) bond motifs is 1. The lowest BCUT2D eigenvalue weighted by Crippen LogP contribution is -1.95. The van der Waals surface area contributed by atoms with Crippen LogP contribution >= 0.6 is 11.6 Å². The molecule has 0 unspecified atom stereocenters. The molecule has 4 rings (SSSR count). The molecule has 0 aliphatic carbocycles. The summed E-state index contributed by atoms with van der Waals surface area (Å²) in [5, 5.41) is 4.92. The minimum atomic E-state index is 0.666. The molecule has 0 aliphatic rings. The summed E-state index contributed by atoms with van der Waals surface area (Å²) in [5.41, 5.74) is 3.71. The van der Waals surface area contributed by atoms with Crippen molar-refractivity contribution in [1.29, 1.82) is 0 Å². The van der Waals surface area contributed by atoms with Crippen LogP contribution in [0.1, 0.15) is 0 Å². The Balaban J connectivity index is 1.81. The number of aromatic amines is 1. The van der Waals surface area contributed by atoms with E-state index in [1.165, 1.54) is 6.33 Å². The first-order valence-corrected chi connectivity index (χ1v) is 8.11. The van der Waals surface area contributed by atoms with Gasteiger partial charge in [0.05, 0.1) is 12.5 Å². The number of hydrogen-bond acceptors (Lipinski definition) is 4. The number of benzene rings is 2. The number of ether oxygens (including phenoxy) is 1. The highest BCUT2D eigenvalue weighted by Crippen LogP contribution is 2.34. The van der Waals surface area contributed by atoms with Crippen molar-refractivity contribution < 1.29 is 4.74 Å². The van der Waals surface area contributed by atoms with Gasteiger partial charge in [-0.25, -0.2) is 9.97 Å². The first kappa shape index (κ1) is 15.5. The van der Waals surface area contributed by atoms with Crippen molar-refractivity contribution in [2.45, 2.75) is 0 Å². The van der Waals surface area contributed by atoms with Gasteiger partial charge in [0, 0.05) is 22.5 Å². The molecule has 2 aromatic carbocycles. The Bertz CT molecular complexity index is 1030. The summed E-state index contributed by atoms with van der Waals surface area (Å²) in [6.45, 7) is 0. The maximum atomic E-state index is 6.07. The molecular weight excluding hydrogens is 336 g/mol. The van der Waals surface area contributed by atoms with E-state index in [0.717, 1.165) is 39.4 Å². The molecule has 4 aromatic rings. The van der Waals surface area contributed by atoms with Crippen molar-refractivity contribution in [3.8, 4) is 16.9 Å². The fraction of sp³-hybridized carbons (Fsp3) is 0.0526. The van der Waals surface area contributed by atoms with Crippen LogP contribution in [0.5, 0.6) is 5.75 Å². The van der Waals surface area contributed by atoms with Crippen molar-refractivity contribution in [1.82, 2.24) is 15.0 Å². The van der Waals surface area contributed by atoms with Gasteiger partial charge in [0.25, 0.3) is 0 Å². The van der Waals surface area contributed by atoms with Gasteiger partial charge in [-0.05, 0) is 35.9 Å². The summed E-state index contributed by atoms with van der Waals surface area (Å²) >= 11 is 6.07. The number of H-pyrrole nitrogens is 1. The maximum absolute atomic E-state index is 6.07. The zero-order valence-electron chi connectivity index (χ0n) is 13.5. The topological polar surface area (TPSA) is 62.8 Å². The third kappa shape index (κ3) is 3.02. The molecule has 25 heavy (non-hydrogen) atoms. The van der Waals surface area contributed by atoms with Gasteiger partial charge in [-0.3, -0.25) is 0 Å². The van der Waals surface area contributed by atoms with Crippen LogP contribution in [0, 0.1) is 0 Å². The highest BCUT2D eigenvalue weighted by molar-refractivity contribution is 6.30. The monoisotopic (exact) mass is 350 g/mol. The molecule has 0 bridgehead atoms. The van der Waals surface area contributed by atoms with Gasteiger partial charge < -0.3 is 15.0 Å². The molecule has 2 N–H and O–H groups in total. The van der Waals surface area contributed by atoms with Gasteiger partial charge in [-0.2, -0.15) is 0 Å². The number of nitrogens with one attached hydrogen (secondary N) is 2. The van der Waals surface area contributed by atoms with Crippen molar-refractivity contribution in [2.24, 2.45) is 0 Å². The maximum Gasteiger partial charge on any atom is 0.143 e. The Morgan fingerprint density at radius 1 is 1.08 bits per heavy atom. The summed E-state index contributed by atoms with van der Waals surface area (Å²) in [6.07, 6.45) is 3.47. The highest BCUT2D eigenvalue weighted by atomic mass is 35.5. The van der Waals surface area contributed by atoms with E-state index in [4.69, 9.17) is 16.3 Å². The van der Waals surface area contributed by atoms with E-state index in [9.17, 15) is 0 Å². The zero-order chi connectivity index (χ0) is 17.2. The molecule has 5 nitrogen and oxygen atoms in total. The van der Waals surface area contributed by atoms with E-state index in [2.05, 4.69) is 20.3 Å². The van der Waals surface area contributed by atoms with Gasteiger partial charge in [0.2, 0.25) is 0 Å². The average Bonchev–Trinajstić information content (AvgIpc) is 3.07. The third-order valence-corrected chi connectivity index (χ3v) is 4.19. The standard InChI is InChI=1S/C19H15ClN4O/c1-25-15-7-5-12(6-8-15)16-10-21-18-17(16)19(23-11-22-18)24-14-4-2-3-13(20)9-14/h2-11H,1H3,(H2,21,22,23,24). The molecule has 0 radical (unpaired) electrons. The zero-order valence-corrected chi connectivity index (χ0v) is 14.2. The smallest absolute Gasteiger partial charge is 0.143 e. The summed E-state index contributed by atoms with van der Waals surface area (Å²) in [7, 11) is 1.65. The predicted octanol–water partition coefficient (Wildman–Crippen LogP) is 5.03. The van der Waals surface area contributed by atoms with Crippen LogP contribution < -0.4 is 10.1 Å². The summed E-state index contributed by atoms with van der Waals surface area (Å²) in [5.74, 6) is 1.54. The highest BCUT2D eigenvalue weighted by Gasteiger charge is 2.13. The number of rotatable bonds is 4. The molecule has 124 valence electrons. The second kappa shape index (κ2) is 6.45. The lowest BCUT2D eigenvalue weighted by Gasteiger charge is -2.09. The van der Waals surface area contributed by atoms with E-state index in [1.807, 2.05) is 54.7 Å². The number of methoxy groups -OCH3 is 1. The molecule has 0 amide bonds. The minimum Gasteiger partial charge on any atom is -0.497 e. The minimum absolute atomic E-state index is 0.666. The molecule has 0 aliphatic heterocycles. The second-order valence-electron chi connectivity index (χ2n) is 5.51. The molecule has 2 aromatic heterocycles. The lowest BCUT2D eigenvalue weighted by molar-refractivity contribution is 0.415. The molecule has 2 heterocycles. The van der Waals surface area contributed by atoms with E-state index in [0.29, 0.717) is 5.02 Å². The first-order valence-electron chi connectivity index (χ1n) is 7.74. The molecule has 0 saturated carbocycles. The fourth-order valence-corrected chi connectivity index (χ4v) is 2.95. The van der Waals surface area contributed by atoms with Gasteiger partial charge in [-0.1, -0.05) is 29.8 Å². The average molecular weight is 351 g/mol. The van der Waals surface area contributed by atoms with Crippen LogP contribution in [0.25, 0.3) is 22.2 Å². The number of anilines is 2. The van der Waals surface area contributed by atoms with Crippen LogP contribution in [0.2, 0.25) is 5.02 Å². The predicted molar refractivity (Wildman–Crippen MR) is 101 cm³/mol. The Morgan fingerprint density at radius 2 is 1.92 bits per heavy atom. The van der Waals surface area contributed by atoms with Gasteiger partial charge in [0.1, 0.15) is 23.5 Å². The molecule has 0 spiro atoms. The third-order valence-electron chi connectivity index (χ3n) is 3.96. The molecule has 0 saturated heterocycles. The van der Waals surface area contributed by atoms with Crippen LogP contribution in [0.4, 0.5) is 11.5 Å². The Morgan fingerprint density at radius 3 is 2.68 bits per heavy atom. The van der Waals surface area contributed by atoms with Crippen LogP contribution in [0.3, 0.4) is 0 Å². The SMILES string of the molecule is COc1ccc(-c2c[nH]c3ncnc(Nc4cccc(Cl)c4)c23)cc1. The van der Waals surface area contributed by atoms with E-state index in [-0.39, 0.29) is 0 Å². The normalized spacial score (nSPS) is 10.8. The number of halogens is 1. The molecule has 6 heteroatoms. The van der Waals surface area contributed by atoms with Crippen molar-refractivity contribution in [3.63, 3.8) is 0 Å². The number of nitrogens with zero attached hydrogens (tertiary/aromatic N) is 2. The molecule has 0 atom stereocenters. The lowest BCUT2D eigenvalue weighted by atomic mass is 10.1. The van der Waals surface area contributed by atoms with E-state index < -0.39 is 0 Å². The van der Waals surface area contributed by atoms with E-state index >= 15 is 0 Å². The van der Waals surface area contributed by atoms with Crippen molar-refractivity contribution in [2.75, 3.05) is 12.4 Å². The molecule has 0 fully saturated rings. The quantitative estimate of drug-likeness (QED) is 0.541. The first-order chi connectivity index (χ1) is 12.2. The van der Waals surface area contributed by atoms with Gasteiger partial charge in [-0.15, -0.1) is 0 Å². The number of aromatic nitrogens is 3. The summed E-state index contributed by atoms with van der Waals surface area (Å²) in [4.78, 5) is 11.9. The van der Waals surface area contributed by atoms with Crippen molar-refractivity contribution in [3.05, 3.63) is 66.1 Å². The summed E-state index contributed by atoms with van der Waals surface area (Å²) < 4.78 is 5.23. The Kier molecular flexibility index (Phi) is 3.99. The largest absolute Gasteiger partial charge is 0.497 e. The summed E-state index contributed by atoms with van der Waals surface area (Å²) in [6, 6.07) is 15.4. The Hall–Kier alpha value is -3.05. The second-order valence-corrected chi connectivity index (χ2v) is 5.95. The van der Waals surface area contributed by atoms with Gasteiger partial charge >= 0.3 is 0 Å². The number of hydrogen-bond donors (Lipinski definition) is 2. The van der Waals surface area contributed by atoms with E-state index in [1.54, 1.807) is 7.11 Å². The molecular formula is C19H15ClN4O. The Labute approximate surface area is 149 Å². The van der Waals surface area contributed by atoms with Crippen molar-refractivity contribution >= 4 is 34.1 Å². The van der Waals surface area contributed by atoms with Gasteiger partial charge in [0.15, 0.2) is 0 Å².